The third-order valence-electron chi connectivity index (χ3n) is 5.24. The zero-order valence-corrected chi connectivity index (χ0v) is 19.0. The molecule has 3 heterocycles. The Labute approximate surface area is 186 Å². The number of thiazole rings is 1. The summed E-state index contributed by atoms with van der Waals surface area (Å²) in [5.41, 5.74) is 1.79. The van der Waals surface area contributed by atoms with Gasteiger partial charge in [0.25, 0.3) is 5.91 Å². The molecule has 0 saturated carbocycles. The van der Waals surface area contributed by atoms with E-state index in [0.29, 0.717) is 41.3 Å². The Balaban J connectivity index is 1.45. The molecule has 7 nitrogen and oxygen atoms in total. The van der Waals surface area contributed by atoms with Crippen molar-refractivity contribution in [3.63, 3.8) is 0 Å². The quantitative estimate of drug-likeness (QED) is 0.623. The summed E-state index contributed by atoms with van der Waals surface area (Å²) in [4.78, 5) is 21.4. The minimum absolute atomic E-state index is 0.206. The maximum absolute atomic E-state index is 13.0. The number of nitrogens with zero attached hydrogens (tertiary/aromatic N) is 3. The fraction of sp³-hybridized carbons (Fsp3) is 0.318. The first kappa shape index (κ1) is 21.6. The second-order valence-corrected chi connectivity index (χ2v) is 10.8. The minimum Gasteiger partial charge on any atom is -0.298 e. The molecule has 2 aromatic heterocycles. The third kappa shape index (κ3) is 4.84. The van der Waals surface area contributed by atoms with Gasteiger partial charge < -0.3 is 0 Å². The Bertz CT molecular complexity index is 1150. The van der Waals surface area contributed by atoms with Crippen LogP contribution in [0.4, 0.5) is 5.13 Å². The number of carbonyl (C=O) groups excluding carboxylic acids is 1. The van der Waals surface area contributed by atoms with E-state index < -0.39 is 10.0 Å². The number of hydrogen-bond donors (Lipinski definition) is 1. The molecular formula is C22H24N4O3S2. The van der Waals surface area contributed by atoms with E-state index in [-0.39, 0.29) is 10.8 Å². The van der Waals surface area contributed by atoms with Gasteiger partial charge in [0, 0.05) is 30.2 Å². The molecule has 162 valence electrons. The van der Waals surface area contributed by atoms with Crippen molar-refractivity contribution in [3.8, 4) is 11.4 Å². The van der Waals surface area contributed by atoms with Crippen LogP contribution < -0.4 is 5.32 Å². The predicted octanol–water partition coefficient (Wildman–Crippen LogP) is 4.12. The fourth-order valence-corrected chi connectivity index (χ4v) is 6.24. The number of aromatic nitrogens is 2. The molecule has 0 spiro atoms. The standard InChI is InChI=1S/C22H24N4O3S2/c1-15-11-16(2)13-26(12-15)31(28,29)18-8-6-17(7-9-18)21(27)25-22-24-20(14-30-22)19-5-3-4-10-23-19/h3-10,14-16H,11-13H2,1-2H3,(H,24,25,27)/t15-,16+. The lowest BCUT2D eigenvalue weighted by molar-refractivity contribution is 0.102. The molecular weight excluding hydrogens is 432 g/mol. The lowest BCUT2D eigenvalue weighted by atomic mass is 9.94. The third-order valence-corrected chi connectivity index (χ3v) is 7.85. The summed E-state index contributed by atoms with van der Waals surface area (Å²) in [5, 5.41) is 5.05. The fourth-order valence-electron chi connectivity index (χ4n) is 3.86. The van der Waals surface area contributed by atoms with Crippen molar-refractivity contribution in [1.29, 1.82) is 0 Å². The Kier molecular flexibility index (Phi) is 6.17. The highest BCUT2D eigenvalue weighted by Crippen LogP contribution is 2.27. The lowest BCUT2D eigenvalue weighted by Crippen LogP contribution is -2.42. The van der Waals surface area contributed by atoms with Crippen molar-refractivity contribution in [2.75, 3.05) is 18.4 Å². The highest BCUT2D eigenvalue weighted by molar-refractivity contribution is 7.89. The molecule has 1 saturated heterocycles. The first-order valence-corrected chi connectivity index (χ1v) is 12.4. The highest BCUT2D eigenvalue weighted by atomic mass is 32.2. The first-order chi connectivity index (χ1) is 14.8. The predicted molar refractivity (Wildman–Crippen MR) is 121 cm³/mol. The summed E-state index contributed by atoms with van der Waals surface area (Å²) in [6, 6.07) is 11.6. The highest BCUT2D eigenvalue weighted by Gasteiger charge is 2.31. The van der Waals surface area contributed by atoms with Crippen molar-refractivity contribution in [3.05, 3.63) is 59.6 Å². The molecule has 0 unspecified atom stereocenters. The smallest absolute Gasteiger partial charge is 0.257 e. The summed E-state index contributed by atoms with van der Waals surface area (Å²) < 4.78 is 27.5. The molecule has 1 aliphatic heterocycles. The molecule has 1 aromatic carbocycles. The SMILES string of the molecule is C[C@@H]1C[C@H](C)CN(S(=O)(=O)c2ccc(C(=O)Nc3nc(-c4ccccn4)cs3)cc2)C1. The first-order valence-electron chi connectivity index (χ1n) is 10.1. The van der Waals surface area contributed by atoms with E-state index in [0.717, 1.165) is 12.1 Å². The zero-order valence-electron chi connectivity index (χ0n) is 17.4. The van der Waals surface area contributed by atoms with Gasteiger partial charge in [-0.15, -0.1) is 11.3 Å². The van der Waals surface area contributed by atoms with Gasteiger partial charge in [-0.2, -0.15) is 4.31 Å². The van der Waals surface area contributed by atoms with Crippen molar-refractivity contribution in [1.82, 2.24) is 14.3 Å². The molecule has 4 rings (SSSR count). The van der Waals surface area contributed by atoms with Crippen LogP contribution in [0.25, 0.3) is 11.4 Å². The van der Waals surface area contributed by atoms with Crippen molar-refractivity contribution in [2.24, 2.45) is 11.8 Å². The lowest BCUT2D eigenvalue weighted by Gasteiger charge is -2.34. The van der Waals surface area contributed by atoms with Gasteiger partial charge >= 0.3 is 0 Å². The van der Waals surface area contributed by atoms with E-state index >= 15 is 0 Å². The van der Waals surface area contributed by atoms with E-state index in [2.05, 4.69) is 29.1 Å². The van der Waals surface area contributed by atoms with Crippen molar-refractivity contribution < 1.29 is 13.2 Å². The normalized spacial score (nSPS) is 19.8. The van der Waals surface area contributed by atoms with Crippen LogP contribution in [-0.2, 0) is 10.0 Å². The van der Waals surface area contributed by atoms with E-state index in [4.69, 9.17) is 0 Å². The molecule has 1 N–H and O–H groups in total. The van der Waals surface area contributed by atoms with Crippen LogP contribution in [0.15, 0.2) is 58.9 Å². The van der Waals surface area contributed by atoms with Gasteiger partial charge in [0.05, 0.1) is 10.6 Å². The molecule has 0 radical (unpaired) electrons. The number of pyridine rings is 1. The molecule has 1 amide bonds. The van der Waals surface area contributed by atoms with Gasteiger partial charge in [0.1, 0.15) is 5.69 Å². The second kappa shape index (κ2) is 8.86. The van der Waals surface area contributed by atoms with Gasteiger partial charge in [-0.1, -0.05) is 19.9 Å². The summed E-state index contributed by atoms with van der Waals surface area (Å²) in [6.45, 7) is 5.20. The van der Waals surface area contributed by atoms with E-state index in [1.54, 1.807) is 10.5 Å². The summed E-state index contributed by atoms with van der Waals surface area (Å²) >= 11 is 1.31. The number of carbonyl (C=O) groups is 1. The zero-order chi connectivity index (χ0) is 22.0. The van der Waals surface area contributed by atoms with Crippen LogP contribution in [0.1, 0.15) is 30.6 Å². The summed E-state index contributed by atoms with van der Waals surface area (Å²) in [7, 11) is -3.57. The van der Waals surface area contributed by atoms with E-state index in [1.807, 2.05) is 23.6 Å². The van der Waals surface area contributed by atoms with Crippen molar-refractivity contribution in [2.45, 2.75) is 25.2 Å². The number of anilines is 1. The van der Waals surface area contributed by atoms with Crippen LogP contribution in [0.2, 0.25) is 0 Å². The molecule has 0 bridgehead atoms. The second-order valence-electron chi connectivity index (χ2n) is 8.00. The van der Waals surface area contributed by atoms with Crippen LogP contribution in [0.5, 0.6) is 0 Å². The summed E-state index contributed by atoms with van der Waals surface area (Å²) in [6.07, 6.45) is 2.72. The number of rotatable bonds is 5. The van der Waals surface area contributed by atoms with Gasteiger partial charge in [-0.05, 0) is 54.7 Å². The average molecular weight is 457 g/mol. The average Bonchev–Trinajstić information content (AvgIpc) is 3.22. The molecule has 31 heavy (non-hydrogen) atoms. The number of amides is 1. The molecule has 0 aliphatic carbocycles. The maximum Gasteiger partial charge on any atom is 0.257 e. The van der Waals surface area contributed by atoms with Gasteiger partial charge in [-0.3, -0.25) is 15.1 Å². The Morgan fingerprint density at radius 1 is 1.06 bits per heavy atom. The topological polar surface area (TPSA) is 92.3 Å². The molecule has 1 aliphatic rings. The molecule has 1 fully saturated rings. The number of sulfonamides is 1. The van der Waals surface area contributed by atoms with Crippen molar-refractivity contribution >= 4 is 32.4 Å². The molecule has 3 aromatic rings. The van der Waals surface area contributed by atoms with Crippen LogP contribution in [-0.4, -0.2) is 41.7 Å². The van der Waals surface area contributed by atoms with Crippen LogP contribution in [0.3, 0.4) is 0 Å². The number of hydrogen-bond acceptors (Lipinski definition) is 6. The monoisotopic (exact) mass is 456 g/mol. The van der Waals surface area contributed by atoms with Gasteiger partial charge in [-0.25, -0.2) is 13.4 Å². The van der Waals surface area contributed by atoms with Crippen LogP contribution >= 0.6 is 11.3 Å². The van der Waals surface area contributed by atoms with Gasteiger partial charge in [0.2, 0.25) is 10.0 Å². The number of piperidine rings is 1. The van der Waals surface area contributed by atoms with Gasteiger partial charge in [0.15, 0.2) is 5.13 Å². The number of nitrogens with one attached hydrogen (secondary N) is 1. The van der Waals surface area contributed by atoms with E-state index in [1.165, 1.54) is 35.6 Å². The Hall–Kier alpha value is -2.62. The van der Waals surface area contributed by atoms with E-state index in [9.17, 15) is 13.2 Å². The Morgan fingerprint density at radius 2 is 1.77 bits per heavy atom. The molecule has 9 heteroatoms. The summed E-state index contributed by atoms with van der Waals surface area (Å²) in [5.74, 6) is 0.321. The minimum atomic E-state index is -3.57. The van der Waals surface area contributed by atoms with Crippen LogP contribution in [0, 0.1) is 11.8 Å². The molecule has 2 atom stereocenters. The number of benzene rings is 1. The largest absolute Gasteiger partial charge is 0.298 e. The Morgan fingerprint density at radius 3 is 2.42 bits per heavy atom. The maximum atomic E-state index is 13.0.